The van der Waals surface area contributed by atoms with Gasteiger partial charge in [0.2, 0.25) is 5.91 Å². The molecule has 0 aliphatic heterocycles. The number of carbonyl (C=O) groups excluding carboxylic acids is 1. The Balaban J connectivity index is 1.57. The Hall–Kier alpha value is -2.92. The Bertz CT molecular complexity index is 857. The molecule has 0 spiro atoms. The summed E-state index contributed by atoms with van der Waals surface area (Å²) < 4.78 is 0. The van der Waals surface area contributed by atoms with Crippen molar-refractivity contribution in [3.63, 3.8) is 0 Å². The van der Waals surface area contributed by atoms with Gasteiger partial charge in [-0.15, -0.1) is 0 Å². The Morgan fingerprint density at radius 1 is 1.16 bits per heavy atom. The summed E-state index contributed by atoms with van der Waals surface area (Å²) in [5.41, 5.74) is 6.22. The van der Waals surface area contributed by atoms with Gasteiger partial charge in [-0.2, -0.15) is 10.2 Å². The molecule has 25 heavy (non-hydrogen) atoms. The number of hydrazone groups is 1. The summed E-state index contributed by atoms with van der Waals surface area (Å²) in [5, 5.41) is 11.7. The molecule has 0 saturated carbocycles. The Morgan fingerprint density at radius 3 is 2.68 bits per heavy atom. The van der Waals surface area contributed by atoms with Crippen LogP contribution in [0.3, 0.4) is 0 Å². The molecular formula is C19H17ClN4O. The molecule has 2 aromatic carbocycles. The third kappa shape index (κ3) is 4.78. The number of halogens is 1. The van der Waals surface area contributed by atoms with E-state index in [0.717, 1.165) is 22.4 Å². The normalized spacial score (nSPS) is 10.9. The highest BCUT2D eigenvalue weighted by molar-refractivity contribution is 6.30. The Labute approximate surface area is 150 Å². The van der Waals surface area contributed by atoms with Crippen LogP contribution in [0.4, 0.5) is 0 Å². The van der Waals surface area contributed by atoms with E-state index >= 15 is 0 Å². The van der Waals surface area contributed by atoms with Gasteiger partial charge in [0, 0.05) is 22.6 Å². The van der Waals surface area contributed by atoms with E-state index in [1.54, 1.807) is 12.4 Å². The maximum atomic E-state index is 11.9. The number of benzene rings is 2. The lowest BCUT2D eigenvalue weighted by atomic mass is 10.1. The van der Waals surface area contributed by atoms with Crippen LogP contribution in [0.1, 0.15) is 17.5 Å². The van der Waals surface area contributed by atoms with Crippen molar-refractivity contribution in [1.29, 1.82) is 0 Å². The first-order valence-electron chi connectivity index (χ1n) is 7.87. The minimum Gasteiger partial charge on any atom is -0.277 e. The second-order valence-electron chi connectivity index (χ2n) is 5.49. The fourth-order valence-electron chi connectivity index (χ4n) is 2.37. The van der Waals surface area contributed by atoms with Crippen LogP contribution >= 0.6 is 11.6 Å². The van der Waals surface area contributed by atoms with Crippen LogP contribution < -0.4 is 5.43 Å². The average Bonchev–Trinajstić information content (AvgIpc) is 3.10. The van der Waals surface area contributed by atoms with E-state index < -0.39 is 0 Å². The smallest absolute Gasteiger partial charge is 0.240 e. The molecule has 0 saturated heterocycles. The zero-order valence-corrected chi connectivity index (χ0v) is 14.2. The monoisotopic (exact) mass is 352 g/mol. The number of nitrogens with one attached hydrogen (secondary N) is 2. The van der Waals surface area contributed by atoms with Crippen molar-refractivity contribution in [2.75, 3.05) is 0 Å². The zero-order valence-electron chi connectivity index (χ0n) is 13.4. The number of aromatic amines is 1. The van der Waals surface area contributed by atoms with Gasteiger partial charge in [-0.1, -0.05) is 54.1 Å². The summed E-state index contributed by atoms with van der Waals surface area (Å²) in [6, 6.07) is 17.3. The summed E-state index contributed by atoms with van der Waals surface area (Å²) in [5.74, 6) is -0.128. The van der Waals surface area contributed by atoms with Gasteiger partial charge >= 0.3 is 0 Å². The number of hydrogen-bond acceptors (Lipinski definition) is 3. The molecule has 0 radical (unpaired) electrons. The quantitative estimate of drug-likeness (QED) is 0.523. The molecule has 0 bridgehead atoms. The number of carbonyl (C=O) groups is 1. The third-order valence-electron chi connectivity index (χ3n) is 3.68. The molecule has 0 aliphatic carbocycles. The van der Waals surface area contributed by atoms with Gasteiger partial charge in [0.1, 0.15) is 0 Å². The van der Waals surface area contributed by atoms with Crippen LogP contribution in [0.25, 0.3) is 11.3 Å². The van der Waals surface area contributed by atoms with Crippen LogP contribution in [0.2, 0.25) is 5.02 Å². The molecule has 1 amide bonds. The molecular weight excluding hydrogens is 336 g/mol. The Kier molecular flexibility index (Phi) is 5.59. The van der Waals surface area contributed by atoms with E-state index in [2.05, 4.69) is 20.7 Å². The van der Waals surface area contributed by atoms with E-state index in [0.29, 0.717) is 17.9 Å². The summed E-state index contributed by atoms with van der Waals surface area (Å²) in [6.07, 6.45) is 4.30. The maximum absolute atomic E-state index is 11.9. The zero-order chi connectivity index (χ0) is 17.5. The molecule has 5 nitrogen and oxygen atoms in total. The highest BCUT2D eigenvalue weighted by Gasteiger charge is 2.06. The number of amides is 1. The molecule has 0 atom stereocenters. The SMILES string of the molecule is O=C(CCc1ccccc1)N/N=C\c1cn[nH]c1-c1ccc(Cl)cc1. The number of hydrogen-bond donors (Lipinski definition) is 2. The molecule has 3 aromatic rings. The largest absolute Gasteiger partial charge is 0.277 e. The summed E-state index contributed by atoms with van der Waals surface area (Å²) in [6.45, 7) is 0. The number of H-pyrrole nitrogens is 1. The van der Waals surface area contributed by atoms with Gasteiger partial charge in [-0.05, 0) is 24.1 Å². The van der Waals surface area contributed by atoms with Crippen molar-refractivity contribution in [3.05, 3.63) is 76.9 Å². The molecule has 0 unspecified atom stereocenters. The first kappa shape index (κ1) is 16.9. The highest BCUT2D eigenvalue weighted by atomic mass is 35.5. The van der Waals surface area contributed by atoms with Crippen molar-refractivity contribution in [2.45, 2.75) is 12.8 Å². The van der Waals surface area contributed by atoms with Crippen LogP contribution in [0.5, 0.6) is 0 Å². The molecule has 3 rings (SSSR count). The van der Waals surface area contributed by atoms with Crippen molar-refractivity contribution < 1.29 is 4.79 Å². The van der Waals surface area contributed by atoms with Crippen LogP contribution in [0, 0.1) is 0 Å². The van der Waals surface area contributed by atoms with Crippen molar-refractivity contribution in [3.8, 4) is 11.3 Å². The third-order valence-corrected chi connectivity index (χ3v) is 3.93. The lowest BCUT2D eigenvalue weighted by molar-refractivity contribution is -0.121. The predicted molar refractivity (Wildman–Crippen MR) is 99.5 cm³/mol. The van der Waals surface area contributed by atoms with E-state index in [4.69, 9.17) is 11.6 Å². The standard InChI is InChI=1S/C19H17ClN4O/c20-17-9-7-15(8-10-17)19-16(13-22-24-19)12-21-23-18(25)11-6-14-4-2-1-3-5-14/h1-5,7-10,12-13H,6,11H2,(H,22,24)(H,23,25)/b21-12-. The second kappa shape index (κ2) is 8.26. The Morgan fingerprint density at radius 2 is 1.92 bits per heavy atom. The van der Waals surface area contributed by atoms with Gasteiger partial charge in [0.05, 0.1) is 18.1 Å². The summed E-state index contributed by atoms with van der Waals surface area (Å²) in [4.78, 5) is 11.9. The number of nitrogens with zero attached hydrogens (tertiary/aromatic N) is 2. The summed E-state index contributed by atoms with van der Waals surface area (Å²) >= 11 is 5.91. The first-order valence-corrected chi connectivity index (χ1v) is 8.25. The fourth-order valence-corrected chi connectivity index (χ4v) is 2.50. The summed E-state index contributed by atoms with van der Waals surface area (Å²) in [7, 11) is 0. The first-order chi connectivity index (χ1) is 12.2. The minimum atomic E-state index is -0.128. The number of rotatable bonds is 6. The van der Waals surface area contributed by atoms with E-state index in [-0.39, 0.29) is 5.91 Å². The topological polar surface area (TPSA) is 70.1 Å². The molecule has 126 valence electrons. The van der Waals surface area contributed by atoms with Crippen LogP contribution in [0.15, 0.2) is 65.9 Å². The van der Waals surface area contributed by atoms with Gasteiger partial charge in [0.25, 0.3) is 0 Å². The molecule has 1 aromatic heterocycles. The molecule has 2 N–H and O–H groups in total. The fraction of sp³-hybridized carbons (Fsp3) is 0.105. The molecule has 1 heterocycles. The van der Waals surface area contributed by atoms with Gasteiger partial charge in [0.15, 0.2) is 0 Å². The van der Waals surface area contributed by atoms with Crippen molar-refractivity contribution in [1.82, 2.24) is 15.6 Å². The van der Waals surface area contributed by atoms with Crippen molar-refractivity contribution in [2.24, 2.45) is 5.10 Å². The number of aryl methyl sites for hydroxylation is 1. The lowest BCUT2D eigenvalue weighted by Gasteiger charge is -2.01. The van der Waals surface area contributed by atoms with E-state index in [9.17, 15) is 4.79 Å². The minimum absolute atomic E-state index is 0.128. The average molecular weight is 353 g/mol. The molecule has 0 fully saturated rings. The maximum Gasteiger partial charge on any atom is 0.240 e. The molecule has 0 aliphatic rings. The van der Waals surface area contributed by atoms with Crippen molar-refractivity contribution >= 4 is 23.7 Å². The molecule has 6 heteroatoms. The van der Waals surface area contributed by atoms with Gasteiger partial charge < -0.3 is 0 Å². The van der Waals surface area contributed by atoms with E-state index in [1.165, 1.54) is 0 Å². The van der Waals surface area contributed by atoms with Gasteiger partial charge in [-0.3, -0.25) is 9.89 Å². The lowest BCUT2D eigenvalue weighted by Crippen LogP contribution is -2.17. The highest BCUT2D eigenvalue weighted by Crippen LogP contribution is 2.21. The van der Waals surface area contributed by atoms with E-state index in [1.807, 2.05) is 54.6 Å². The number of aromatic nitrogens is 2. The van der Waals surface area contributed by atoms with Crippen LogP contribution in [-0.4, -0.2) is 22.3 Å². The van der Waals surface area contributed by atoms with Gasteiger partial charge in [-0.25, -0.2) is 5.43 Å². The predicted octanol–water partition coefficient (Wildman–Crippen LogP) is 3.81. The second-order valence-corrected chi connectivity index (χ2v) is 5.92. The van der Waals surface area contributed by atoms with Crippen LogP contribution in [-0.2, 0) is 11.2 Å².